The molecule has 7 atom stereocenters. The molecule has 5 aliphatic rings. The van der Waals surface area contributed by atoms with Crippen LogP contribution in [0.2, 0.25) is 0 Å². The van der Waals surface area contributed by atoms with Crippen LogP contribution < -0.4 is 4.90 Å². The Morgan fingerprint density at radius 1 is 1.08 bits per heavy atom. The quantitative estimate of drug-likeness (QED) is 0.410. The Morgan fingerprint density at radius 3 is 2.42 bits per heavy atom. The minimum absolute atomic E-state index is 0.127. The summed E-state index contributed by atoms with van der Waals surface area (Å²) < 4.78 is 18.8. The third kappa shape index (κ3) is 3.85. The van der Waals surface area contributed by atoms with Crippen molar-refractivity contribution in [3.63, 3.8) is 0 Å². The van der Waals surface area contributed by atoms with E-state index in [9.17, 15) is 9.90 Å². The van der Waals surface area contributed by atoms with Gasteiger partial charge in [-0.05, 0) is 87.2 Å². The van der Waals surface area contributed by atoms with E-state index in [1.807, 2.05) is 38.4 Å². The molecule has 6 rings (SSSR count). The molecule has 0 bridgehead atoms. The zero-order valence-corrected chi connectivity index (χ0v) is 23.8. The van der Waals surface area contributed by atoms with Crippen molar-refractivity contribution in [1.82, 2.24) is 0 Å². The lowest BCUT2D eigenvalue weighted by atomic mass is 9.53. The topological polar surface area (TPSA) is 68.2 Å². The largest absolute Gasteiger partial charge is 0.378 e. The molecule has 38 heavy (non-hydrogen) atoms. The number of carbonyl (C=O) groups is 1. The molecule has 3 unspecified atom stereocenters. The standard InChI is InChI=1S/C32H45NO5/c1-20(34)27-12-13-28-25-11-6-21-19-31(37-16-17-38-31)29(18-26(21)24(25)14-15-30(27,28)2)32(35,36-5)22-7-9-23(10-8-22)33(3)4/h7-10,21,25,27-29,35H,6,11-19H2,1-5H3/t21?,25-,27-,28+,29?,30-,32?/m1/s1. The molecular weight excluding hydrogens is 478 g/mol. The van der Waals surface area contributed by atoms with E-state index in [-0.39, 0.29) is 17.3 Å². The molecule has 0 aromatic heterocycles. The Hall–Kier alpha value is -1.73. The Morgan fingerprint density at radius 2 is 1.79 bits per heavy atom. The van der Waals surface area contributed by atoms with Crippen molar-refractivity contribution < 1.29 is 24.1 Å². The van der Waals surface area contributed by atoms with E-state index in [0.717, 1.165) is 56.2 Å². The lowest BCUT2D eigenvalue weighted by Crippen LogP contribution is -2.56. The number of ether oxygens (including phenoxy) is 3. The summed E-state index contributed by atoms with van der Waals surface area (Å²) in [4.78, 5) is 14.6. The van der Waals surface area contributed by atoms with Gasteiger partial charge >= 0.3 is 0 Å². The fourth-order valence-corrected chi connectivity index (χ4v) is 9.45. The second-order valence-corrected chi connectivity index (χ2v) is 13.1. The third-order valence-corrected chi connectivity index (χ3v) is 11.3. The number of benzene rings is 1. The number of carbonyl (C=O) groups excluding carboxylic acids is 1. The number of methoxy groups -OCH3 is 1. The maximum Gasteiger partial charge on any atom is 0.200 e. The van der Waals surface area contributed by atoms with Gasteiger partial charge in [-0.1, -0.05) is 30.2 Å². The average Bonchev–Trinajstić information content (AvgIpc) is 3.52. The molecule has 3 saturated carbocycles. The maximum atomic E-state index is 12.5. The van der Waals surface area contributed by atoms with Crippen LogP contribution in [0.4, 0.5) is 5.69 Å². The van der Waals surface area contributed by atoms with Gasteiger partial charge in [-0.15, -0.1) is 0 Å². The predicted octanol–water partition coefficient (Wildman–Crippen LogP) is 5.44. The molecule has 6 nitrogen and oxygen atoms in total. The summed E-state index contributed by atoms with van der Waals surface area (Å²) in [5.74, 6) is -0.598. The summed E-state index contributed by atoms with van der Waals surface area (Å²) in [5, 5.41) is 12.3. The summed E-state index contributed by atoms with van der Waals surface area (Å²) in [6.07, 6.45) is 8.16. The number of aliphatic hydroxyl groups is 1. The van der Waals surface area contributed by atoms with Crippen molar-refractivity contribution in [2.24, 2.45) is 35.0 Å². The first-order valence-electron chi connectivity index (χ1n) is 14.7. The predicted molar refractivity (Wildman–Crippen MR) is 147 cm³/mol. The van der Waals surface area contributed by atoms with Crippen molar-refractivity contribution in [1.29, 1.82) is 0 Å². The monoisotopic (exact) mass is 523 g/mol. The lowest BCUT2D eigenvalue weighted by Gasteiger charge is -2.54. The fraction of sp³-hybridized carbons (Fsp3) is 0.719. The SMILES string of the molecule is COC(O)(c1ccc(N(C)C)cc1)C1CC2=C3CC[C@]4(C)[C@@H](C(C)=O)CC[C@H]4[C@@H]3CCC2CC12OCCO2. The van der Waals surface area contributed by atoms with E-state index in [4.69, 9.17) is 14.2 Å². The molecule has 1 aliphatic heterocycles. The van der Waals surface area contributed by atoms with E-state index < -0.39 is 11.6 Å². The number of fused-ring (bicyclic) bond motifs is 4. The number of allylic oxidation sites excluding steroid dienone is 2. The number of nitrogens with zero attached hydrogens (tertiary/aromatic N) is 1. The van der Waals surface area contributed by atoms with E-state index >= 15 is 0 Å². The van der Waals surface area contributed by atoms with Crippen LogP contribution >= 0.6 is 0 Å². The first kappa shape index (κ1) is 26.5. The molecule has 1 N–H and O–H groups in total. The van der Waals surface area contributed by atoms with Gasteiger partial charge in [-0.2, -0.15) is 0 Å². The lowest BCUT2D eigenvalue weighted by molar-refractivity contribution is -0.325. The number of rotatable bonds is 5. The zero-order chi connectivity index (χ0) is 26.9. The number of hydrogen-bond acceptors (Lipinski definition) is 6. The molecule has 0 amide bonds. The minimum Gasteiger partial charge on any atom is -0.378 e. The molecule has 4 fully saturated rings. The number of anilines is 1. The van der Waals surface area contributed by atoms with Gasteiger partial charge in [0.15, 0.2) is 5.79 Å². The zero-order valence-electron chi connectivity index (χ0n) is 23.8. The first-order chi connectivity index (χ1) is 18.1. The summed E-state index contributed by atoms with van der Waals surface area (Å²) in [7, 11) is 5.63. The van der Waals surface area contributed by atoms with Crippen LogP contribution in [0, 0.1) is 35.0 Å². The molecule has 1 saturated heterocycles. The first-order valence-corrected chi connectivity index (χ1v) is 14.7. The summed E-state index contributed by atoms with van der Waals surface area (Å²) in [5.41, 5.74) is 5.07. The second kappa shape index (κ2) is 9.43. The highest BCUT2D eigenvalue weighted by Gasteiger charge is 2.62. The van der Waals surface area contributed by atoms with Gasteiger partial charge in [0.1, 0.15) is 5.78 Å². The van der Waals surface area contributed by atoms with Crippen molar-refractivity contribution >= 4 is 11.5 Å². The molecule has 1 spiro atoms. The van der Waals surface area contributed by atoms with Crippen LogP contribution in [0.15, 0.2) is 35.4 Å². The third-order valence-electron chi connectivity index (χ3n) is 11.3. The second-order valence-electron chi connectivity index (χ2n) is 13.1. The normalized spacial score (nSPS) is 37.4. The van der Waals surface area contributed by atoms with Gasteiger partial charge in [0.2, 0.25) is 5.79 Å². The van der Waals surface area contributed by atoms with Crippen molar-refractivity contribution in [3.05, 3.63) is 41.0 Å². The average molecular weight is 524 g/mol. The molecular formula is C32H45NO5. The molecule has 208 valence electrons. The summed E-state index contributed by atoms with van der Waals surface area (Å²) in [6, 6.07) is 8.00. The molecule has 1 aromatic rings. The summed E-state index contributed by atoms with van der Waals surface area (Å²) >= 11 is 0. The highest BCUT2D eigenvalue weighted by molar-refractivity contribution is 5.79. The minimum atomic E-state index is -1.53. The number of ketones is 1. The molecule has 0 radical (unpaired) electrons. The van der Waals surface area contributed by atoms with Gasteiger partial charge in [-0.3, -0.25) is 4.79 Å². The van der Waals surface area contributed by atoms with Crippen molar-refractivity contribution in [3.8, 4) is 0 Å². The molecule has 1 aromatic carbocycles. The van der Waals surface area contributed by atoms with Gasteiger partial charge in [0.25, 0.3) is 0 Å². The highest BCUT2D eigenvalue weighted by Crippen LogP contribution is 2.64. The van der Waals surface area contributed by atoms with E-state index in [2.05, 4.69) is 11.8 Å². The van der Waals surface area contributed by atoms with Crippen molar-refractivity contribution in [2.75, 3.05) is 39.3 Å². The molecule has 1 heterocycles. The van der Waals surface area contributed by atoms with Crippen LogP contribution in [0.3, 0.4) is 0 Å². The van der Waals surface area contributed by atoms with Crippen LogP contribution in [-0.2, 0) is 24.8 Å². The van der Waals surface area contributed by atoms with E-state index in [1.165, 1.54) is 12.0 Å². The molecule has 6 heteroatoms. The van der Waals surface area contributed by atoms with Crippen molar-refractivity contribution in [2.45, 2.75) is 76.8 Å². The Labute approximate surface area is 227 Å². The van der Waals surface area contributed by atoms with E-state index in [0.29, 0.717) is 36.8 Å². The van der Waals surface area contributed by atoms with Crippen LogP contribution in [0.25, 0.3) is 0 Å². The van der Waals surface area contributed by atoms with Gasteiger partial charge < -0.3 is 24.2 Å². The van der Waals surface area contributed by atoms with E-state index in [1.54, 1.807) is 19.6 Å². The smallest absolute Gasteiger partial charge is 0.200 e. The Bertz CT molecular complexity index is 1110. The number of hydrogen-bond donors (Lipinski definition) is 1. The number of Topliss-reactive ketones (excluding diaryl/α,β-unsaturated/α-hetero) is 1. The Balaban J connectivity index is 1.38. The highest BCUT2D eigenvalue weighted by atomic mass is 16.7. The van der Waals surface area contributed by atoms with Crippen LogP contribution in [0.5, 0.6) is 0 Å². The maximum absolute atomic E-state index is 12.5. The fourth-order valence-electron chi connectivity index (χ4n) is 9.45. The molecule has 4 aliphatic carbocycles. The summed E-state index contributed by atoms with van der Waals surface area (Å²) in [6.45, 7) is 5.28. The van der Waals surface area contributed by atoms with Crippen LogP contribution in [-0.4, -0.2) is 51.1 Å². The van der Waals surface area contributed by atoms with Crippen LogP contribution in [0.1, 0.15) is 70.8 Å². The van der Waals surface area contributed by atoms with Gasteiger partial charge in [0, 0.05) is 44.8 Å². The van der Waals surface area contributed by atoms with Gasteiger partial charge in [0.05, 0.1) is 19.1 Å². The Kier molecular flexibility index (Phi) is 6.58. The van der Waals surface area contributed by atoms with Gasteiger partial charge in [-0.25, -0.2) is 0 Å².